The van der Waals surface area contributed by atoms with Crippen LogP contribution in [0.2, 0.25) is 0 Å². The number of rotatable bonds is 5. The summed E-state index contributed by atoms with van der Waals surface area (Å²) in [6.07, 6.45) is 2.15. The molecular formula is C26H26N4O3S2. The van der Waals surface area contributed by atoms with Gasteiger partial charge in [-0.15, -0.1) is 0 Å². The molecule has 2 heterocycles. The highest BCUT2D eigenvalue weighted by Crippen LogP contribution is 2.32. The molecule has 9 heteroatoms. The van der Waals surface area contributed by atoms with Crippen LogP contribution in [0.3, 0.4) is 0 Å². The Morgan fingerprint density at radius 3 is 2.20 bits per heavy atom. The zero-order valence-electron chi connectivity index (χ0n) is 19.0. The molecule has 1 fully saturated rings. The van der Waals surface area contributed by atoms with E-state index in [1.165, 1.54) is 4.31 Å². The van der Waals surface area contributed by atoms with E-state index < -0.39 is 10.0 Å². The van der Waals surface area contributed by atoms with Gasteiger partial charge in [-0.05, 0) is 53.7 Å². The summed E-state index contributed by atoms with van der Waals surface area (Å²) in [4.78, 5) is 0.255. The van der Waals surface area contributed by atoms with Crippen molar-refractivity contribution in [2.45, 2.75) is 10.9 Å². The molecule has 0 unspecified atom stereocenters. The second-order valence-corrected chi connectivity index (χ2v) is 10.6. The van der Waals surface area contributed by atoms with Gasteiger partial charge in [-0.25, -0.2) is 8.42 Å². The predicted octanol–water partition coefficient (Wildman–Crippen LogP) is 4.01. The quantitative estimate of drug-likeness (QED) is 0.507. The molecule has 0 aromatic heterocycles. The Hall–Kier alpha value is -3.24. The van der Waals surface area contributed by atoms with Crippen molar-refractivity contribution in [2.24, 2.45) is 0 Å². The van der Waals surface area contributed by atoms with Crippen LogP contribution in [0.25, 0.3) is 5.70 Å². The molecule has 0 radical (unpaired) electrons. The Balaban J connectivity index is 1.34. The molecule has 7 nitrogen and oxygen atoms in total. The van der Waals surface area contributed by atoms with Crippen LogP contribution in [0.1, 0.15) is 17.2 Å². The number of thiocarbonyl (C=S) groups is 1. The number of hydrazine groups is 1. The van der Waals surface area contributed by atoms with Crippen molar-refractivity contribution in [3.8, 4) is 0 Å². The topological polar surface area (TPSA) is 73.9 Å². The van der Waals surface area contributed by atoms with Crippen molar-refractivity contribution in [2.75, 3.05) is 31.6 Å². The van der Waals surface area contributed by atoms with Crippen LogP contribution in [-0.4, -0.2) is 49.1 Å². The van der Waals surface area contributed by atoms with E-state index in [0.29, 0.717) is 37.1 Å². The van der Waals surface area contributed by atoms with Crippen LogP contribution in [0.4, 0.5) is 5.69 Å². The summed E-state index contributed by atoms with van der Waals surface area (Å²) in [5.41, 5.74) is 7.27. The van der Waals surface area contributed by atoms with Gasteiger partial charge in [-0.1, -0.05) is 60.7 Å². The summed E-state index contributed by atoms with van der Waals surface area (Å²) >= 11 is 5.76. The Morgan fingerprint density at radius 1 is 0.914 bits per heavy atom. The Labute approximate surface area is 211 Å². The van der Waals surface area contributed by atoms with Crippen molar-refractivity contribution in [3.05, 3.63) is 102 Å². The molecule has 0 aliphatic carbocycles. The molecule has 2 aliphatic heterocycles. The van der Waals surface area contributed by atoms with Gasteiger partial charge >= 0.3 is 0 Å². The molecule has 1 saturated heterocycles. The number of morpholine rings is 1. The molecule has 3 aromatic rings. The fourth-order valence-electron chi connectivity index (χ4n) is 4.15. The van der Waals surface area contributed by atoms with Gasteiger partial charge in [0.15, 0.2) is 5.11 Å². The summed E-state index contributed by atoms with van der Waals surface area (Å²) in [5, 5.41) is 5.63. The molecule has 0 saturated carbocycles. The van der Waals surface area contributed by atoms with E-state index in [2.05, 4.69) is 41.1 Å². The van der Waals surface area contributed by atoms with Crippen LogP contribution in [-0.2, 0) is 14.8 Å². The summed E-state index contributed by atoms with van der Waals surface area (Å²) < 4.78 is 32.5. The molecule has 3 aromatic carbocycles. The Bertz CT molecular complexity index is 1310. The third-order valence-corrected chi connectivity index (χ3v) is 8.21. The average molecular weight is 507 g/mol. The van der Waals surface area contributed by atoms with E-state index in [1.54, 1.807) is 24.3 Å². The smallest absolute Gasteiger partial charge is 0.243 e. The first-order chi connectivity index (χ1) is 17.0. The maximum Gasteiger partial charge on any atom is 0.243 e. The number of nitrogens with one attached hydrogen (secondary N) is 2. The molecule has 0 spiro atoms. The summed E-state index contributed by atoms with van der Waals surface area (Å²) in [6.45, 7) is 1.56. The fraction of sp³-hybridized carbons (Fsp3) is 0.192. The first kappa shape index (κ1) is 23.5. The zero-order chi connectivity index (χ0) is 24.3. The monoisotopic (exact) mass is 506 g/mol. The minimum Gasteiger partial charge on any atom is -0.379 e. The lowest BCUT2D eigenvalue weighted by molar-refractivity contribution is 0.0730. The summed E-state index contributed by atoms with van der Waals surface area (Å²) in [6, 6.07) is 26.8. The molecule has 0 bridgehead atoms. The van der Waals surface area contributed by atoms with Crippen LogP contribution >= 0.6 is 12.2 Å². The molecule has 2 aliphatic rings. The van der Waals surface area contributed by atoms with E-state index in [9.17, 15) is 8.42 Å². The Morgan fingerprint density at radius 2 is 1.54 bits per heavy atom. The largest absolute Gasteiger partial charge is 0.379 e. The van der Waals surface area contributed by atoms with Gasteiger partial charge in [-0.2, -0.15) is 4.31 Å². The minimum atomic E-state index is -3.54. The van der Waals surface area contributed by atoms with E-state index in [1.807, 2.05) is 41.4 Å². The molecule has 1 atom stereocenters. The third-order valence-electron chi connectivity index (χ3n) is 6.00. The van der Waals surface area contributed by atoms with Gasteiger partial charge in [-0.3, -0.25) is 10.4 Å². The van der Waals surface area contributed by atoms with Crippen molar-refractivity contribution >= 4 is 38.7 Å². The lowest BCUT2D eigenvalue weighted by atomic mass is 10.1. The van der Waals surface area contributed by atoms with Crippen molar-refractivity contribution in [1.29, 1.82) is 0 Å². The van der Waals surface area contributed by atoms with E-state index in [4.69, 9.17) is 17.0 Å². The Kier molecular flexibility index (Phi) is 6.83. The van der Waals surface area contributed by atoms with Gasteiger partial charge < -0.3 is 10.1 Å². The van der Waals surface area contributed by atoms with Gasteiger partial charge in [0.25, 0.3) is 0 Å². The van der Waals surface area contributed by atoms with Crippen molar-refractivity contribution in [1.82, 2.24) is 14.7 Å². The first-order valence-corrected chi connectivity index (χ1v) is 13.2. The van der Waals surface area contributed by atoms with E-state index in [-0.39, 0.29) is 10.9 Å². The lowest BCUT2D eigenvalue weighted by Crippen LogP contribution is -2.42. The lowest BCUT2D eigenvalue weighted by Gasteiger charge is -2.28. The molecule has 2 N–H and O–H groups in total. The fourth-order valence-corrected chi connectivity index (χ4v) is 5.84. The van der Waals surface area contributed by atoms with Gasteiger partial charge in [0.1, 0.15) is 0 Å². The first-order valence-electron chi connectivity index (χ1n) is 11.4. The third kappa shape index (κ3) is 5.08. The highest BCUT2D eigenvalue weighted by molar-refractivity contribution is 7.89. The van der Waals surface area contributed by atoms with Crippen LogP contribution in [0, 0.1) is 0 Å². The summed E-state index contributed by atoms with van der Waals surface area (Å²) in [5.74, 6) is 0. The maximum atomic E-state index is 12.9. The van der Waals surface area contributed by atoms with Crippen molar-refractivity contribution < 1.29 is 13.2 Å². The standard InChI is InChI=1S/C26H26N4O3S2/c31-35(32,29-15-17-33-18-16-29)23-13-11-22(12-14-23)27-26(34)30-25(21-9-5-2-6-10-21)19-24(28-30)20-7-3-1-4-8-20/h1-14,19,25,28H,15-18H2,(H,27,34)/t25-/m1/s1. The number of benzene rings is 3. The molecule has 5 rings (SSSR count). The molecule has 0 amide bonds. The summed E-state index contributed by atoms with van der Waals surface area (Å²) in [7, 11) is -3.54. The average Bonchev–Trinajstić information content (AvgIpc) is 3.36. The number of hydrogen-bond acceptors (Lipinski definition) is 5. The zero-order valence-corrected chi connectivity index (χ0v) is 20.6. The predicted molar refractivity (Wildman–Crippen MR) is 141 cm³/mol. The van der Waals surface area contributed by atoms with Gasteiger partial charge in [0, 0.05) is 18.8 Å². The molecular weight excluding hydrogens is 480 g/mol. The van der Waals surface area contributed by atoms with Crippen LogP contribution in [0.5, 0.6) is 0 Å². The number of ether oxygens (including phenoxy) is 1. The minimum absolute atomic E-state index is 0.104. The highest BCUT2D eigenvalue weighted by atomic mass is 32.2. The number of anilines is 1. The number of hydrogen-bond donors (Lipinski definition) is 2. The van der Waals surface area contributed by atoms with Gasteiger partial charge in [0.2, 0.25) is 10.0 Å². The number of sulfonamides is 1. The van der Waals surface area contributed by atoms with Crippen LogP contribution in [0.15, 0.2) is 95.9 Å². The van der Waals surface area contributed by atoms with Crippen LogP contribution < -0.4 is 10.7 Å². The highest BCUT2D eigenvalue weighted by Gasteiger charge is 2.29. The van der Waals surface area contributed by atoms with E-state index in [0.717, 1.165) is 16.8 Å². The maximum absolute atomic E-state index is 12.9. The molecule has 180 valence electrons. The van der Waals surface area contributed by atoms with Gasteiger partial charge in [0.05, 0.1) is 29.8 Å². The number of nitrogens with zero attached hydrogens (tertiary/aromatic N) is 2. The second-order valence-electron chi connectivity index (χ2n) is 8.25. The second kappa shape index (κ2) is 10.2. The normalized spacial score (nSPS) is 18.6. The molecule has 35 heavy (non-hydrogen) atoms. The SMILES string of the molecule is O=S(=O)(c1ccc(NC(=S)N2NC(c3ccccc3)=C[C@@H]2c2ccccc2)cc1)N1CCOCC1. The van der Waals surface area contributed by atoms with E-state index >= 15 is 0 Å². The van der Waals surface area contributed by atoms with Crippen molar-refractivity contribution in [3.63, 3.8) is 0 Å².